The maximum Gasteiger partial charge on any atom is 0.225 e. The lowest BCUT2D eigenvalue weighted by Gasteiger charge is -2.38. The highest BCUT2D eigenvalue weighted by Gasteiger charge is 2.86. The van der Waals surface area contributed by atoms with Crippen molar-refractivity contribution in [3.8, 4) is 0 Å². The summed E-state index contributed by atoms with van der Waals surface area (Å²) in [4.78, 5) is 24.4. The summed E-state index contributed by atoms with van der Waals surface area (Å²) >= 11 is 6.72. The summed E-state index contributed by atoms with van der Waals surface area (Å²) in [5.41, 5.74) is 0. The second kappa shape index (κ2) is 4.34. The van der Waals surface area contributed by atoms with Crippen molar-refractivity contribution in [3.63, 3.8) is 0 Å². The fourth-order valence-corrected chi connectivity index (χ4v) is 5.51. The molecule has 0 saturated heterocycles. The third kappa shape index (κ3) is 1.27. The van der Waals surface area contributed by atoms with Gasteiger partial charge in [-0.15, -0.1) is 0 Å². The van der Waals surface area contributed by atoms with E-state index < -0.39 is 32.1 Å². The van der Waals surface area contributed by atoms with Gasteiger partial charge in [0.15, 0.2) is 4.32 Å². The topological polar surface area (TPSA) is 61.8 Å². The first-order valence-corrected chi connectivity index (χ1v) is 7.13. The Morgan fingerprint density at radius 2 is 1.78 bits per heavy atom. The van der Waals surface area contributed by atoms with Gasteiger partial charge in [0.1, 0.15) is 4.32 Å². The zero-order valence-electron chi connectivity index (χ0n) is 10.3. The number of halogens is 2. The molecule has 0 aromatic rings. The van der Waals surface area contributed by atoms with Crippen LogP contribution in [0.25, 0.3) is 0 Å². The largest absolute Gasteiger partial charge is 0.376 e. The van der Waals surface area contributed by atoms with Crippen LogP contribution in [0.1, 0.15) is 13.3 Å². The molecule has 7 heteroatoms. The quantitative estimate of drug-likeness (QED) is 0.413. The first-order chi connectivity index (χ1) is 8.35. The Labute approximate surface area is 122 Å². The van der Waals surface area contributed by atoms with Gasteiger partial charge in [-0.1, -0.05) is 31.9 Å². The molecule has 0 aromatic heterocycles. The Morgan fingerprint density at radius 3 is 2.17 bits per heavy atom. The van der Waals surface area contributed by atoms with E-state index in [0.29, 0.717) is 13.0 Å². The monoisotopic (exact) mass is 384 g/mol. The molecular formula is C11H14Br2O5. The van der Waals surface area contributed by atoms with Gasteiger partial charge in [0.25, 0.3) is 0 Å². The van der Waals surface area contributed by atoms with Gasteiger partial charge in [-0.05, 0) is 6.92 Å². The summed E-state index contributed by atoms with van der Waals surface area (Å²) in [5.74, 6) is -2.51. The number of fused-ring (bicyclic) bond motifs is 2. The van der Waals surface area contributed by atoms with Crippen LogP contribution in [-0.2, 0) is 23.8 Å². The molecule has 2 aliphatic rings. The van der Waals surface area contributed by atoms with Gasteiger partial charge in [0, 0.05) is 27.2 Å². The van der Waals surface area contributed by atoms with E-state index in [2.05, 4.69) is 31.9 Å². The van der Waals surface area contributed by atoms with Crippen LogP contribution < -0.4 is 0 Å². The van der Waals surface area contributed by atoms with Crippen molar-refractivity contribution in [1.82, 2.24) is 0 Å². The summed E-state index contributed by atoms with van der Waals surface area (Å²) in [6, 6.07) is 0. The molecule has 2 saturated carbocycles. The van der Waals surface area contributed by atoms with Gasteiger partial charge in [-0.3, -0.25) is 9.59 Å². The van der Waals surface area contributed by atoms with Gasteiger partial charge in [-0.25, -0.2) is 0 Å². The predicted molar refractivity (Wildman–Crippen MR) is 70.1 cm³/mol. The standard InChI is InChI=1S/C11H14Br2O5/c1-4-18-6-5-9(12)7(14)8(15)10(6,13)11(9,16-2)17-3/h6H,4-5H2,1-3H3/t6-,9+,10-/m1/s1. The molecule has 3 atom stereocenters. The summed E-state index contributed by atoms with van der Waals surface area (Å²) in [7, 11) is 2.82. The minimum absolute atomic E-state index is 0.318. The van der Waals surface area contributed by atoms with E-state index in [1.165, 1.54) is 14.2 Å². The molecule has 0 heterocycles. The molecule has 2 rings (SSSR count). The SMILES string of the molecule is CCO[C@@H]1C[C@]2(Br)C(=O)C(=O)[C@@]1(Br)C2(OC)OC. The zero-order valence-corrected chi connectivity index (χ0v) is 13.5. The van der Waals surface area contributed by atoms with Crippen LogP contribution in [0, 0.1) is 0 Å². The number of Topliss-reactive ketones (excluding diaryl/α,β-unsaturated/α-hetero) is 2. The van der Waals surface area contributed by atoms with Crippen LogP contribution in [0.3, 0.4) is 0 Å². The molecule has 0 radical (unpaired) electrons. The number of carbonyl (C=O) groups excluding carboxylic acids is 2. The highest BCUT2D eigenvalue weighted by Crippen LogP contribution is 2.64. The molecule has 5 nitrogen and oxygen atoms in total. The van der Waals surface area contributed by atoms with Crippen molar-refractivity contribution in [1.29, 1.82) is 0 Å². The summed E-state index contributed by atoms with van der Waals surface area (Å²) in [6.45, 7) is 2.27. The van der Waals surface area contributed by atoms with E-state index in [1.807, 2.05) is 6.92 Å². The number of rotatable bonds is 4. The Bertz CT molecular complexity index is 408. The van der Waals surface area contributed by atoms with Crippen LogP contribution >= 0.6 is 31.9 Å². The van der Waals surface area contributed by atoms with Crippen molar-refractivity contribution in [2.75, 3.05) is 20.8 Å². The van der Waals surface area contributed by atoms with Gasteiger partial charge >= 0.3 is 0 Å². The molecule has 2 bridgehead atoms. The minimum Gasteiger partial charge on any atom is -0.376 e. The van der Waals surface area contributed by atoms with Gasteiger partial charge < -0.3 is 14.2 Å². The summed E-state index contributed by atoms with van der Waals surface area (Å²) < 4.78 is 13.9. The summed E-state index contributed by atoms with van der Waals surface area (Å²) in [5, 5.41) is 0. The number of ketones is 2. The van der Waals surface area contributed by atoms with Crippen LogP contribution in [0.15, 0.2) is 0 Å². The number of methoxy groups -OCH3 is 2. The van der Waals surface area contributed by atoms with Crippen molar-refractivity contribution in [3.05, 3.63) is 0 Å². The Kier molecular flexibility index (Phi) is 3.52. The summed E-state index contributed by atoms with van der Waals surface area (Å²) in [6.07, 6.45) is -0.162. The molecule has 0 amide bonds. The normalized spacial score (nSPS) is 41.7. The minimum atomic E-state index is -1.39. The number of hydrogen-bond donors (Lipinski definition) is 0. The van der Waals surface area contributed by atoms with Crippen LogP contribution in [0.4, 0.5) is 0 Å². The van der Waals surface area contributed by atoms with Gasteiger partial charge in [0.2, 0.25) is 17.4 Å². The Morgan fingerprint density at radius 1 is 1.22 bits per heavy atom. The van der Waals surface area contributed by atoms with E-state index in [9.17, 15) is 9.59 Å². The lowest BCUT2D eigenvalue weighted by Crippen LogP contribution is -2.58. The van der Waals surface area contributed by atoms with E-state index in [4.69, 9.17) is 14.2 Å². The average Bonchev–Trinajstić information content (AvgIpc) is 2.61. The molecule has 0 aliphatic heterocycles. The Hall–Kier alpha value is 0.180. The van der Waals surface area contributed by atoms with Gasteiger partial charge in [-0.2, -0.15) is 0 Å². The van der Waals surface area contributed by atoms with Gasteiger partial charge in [0.05, 0.1) is 6.10 Å². The number of carbonyl (C=O) groups is 2. The predicted octanol–water partition coefficient (Wildman–Crippen LogP) is 1.20. The molecule has 102 valence electrons. The highest BCUT2D eigenvalue weighted by molar-refractivity contribution is 9.11. The second-order valence-electron chi connectivity index (χ2n) is 4.34. The fourth-order valence-electron chi connectivity index (χ4n) is 2.99. The van der Waals surface area contributed by atoms with Crippen LogP contribution in [0.2, 0.25) is 0 Å². The van der Waals surface area contributed by atoms with Crippen molar-refractivity contribution < 1.29 is 23.8 Å². The first-order valence-electron chi connectivity index (χ1n) is 5.54. The Balaban J connectivity index is 2.62. The smallest absolute Gasteiger partial charge is 0.225 e. The number of hydrogen-bond acceptors (Lipinski definition) is 5. The maximum atomic E-state index is 12.2. The number of alkyl halides is 2. The lowest BCUT2D eigenvalue weighted by atomic mass is 9.95. The van der Waals surface area contributed by atoms with Crippen molar-refractivity contribution in [2.45, 2.75) is 33.9 Å². The molecule has 0 spiro atoms. The molecule has 0 N–H and O–H groups in total. The van der Waals surface area contributed by atoms with Crippen LogP contribution in [0.5, 0.6) is 0 Å². The molecular weight excluding hydrogens is 372 g/mol. The third-order valence-corrected chi connectivity index (χ3v) is 6.35. The van der Waals surface area contributed by atoms with Crippen molar-refractivity contribution in [2.24, 2.45) is 0 Å². The van der Waals surface area contributed by atoms with Crippen LogP contribution in [-0.4, -0.2) is 52.9 Å². The highest BCUT2D eigenvalue weighted by atomic mass is 79.9. The fraction of sp³-hybridized carbons (Fsp3) is 0.818. The average molecular weight is 386 g/mol. The molecule has 18 heavy (non-hydrogen) atoms. The zero-order chi connectivity index (χ0) is 13.8. The van der Waals surface area contributed by atoms with Crippen molar-refractivity contribution >= 4 is 43.4 Å². The molecule has 2 fully saturated rings. The molecule has 2 aliphatic carbocycles. The second-order valence-corrected chi connectivity index (χ2v) is 6.95. The molecule has 0 unspecified atom stereocenters. The van der Waals surface area contributed by atoms with E-state index >= 15 is 0 Å². The van der Waals surface area contributed by atoms with E-state index in [-0.39, 0.29) is 0 Å². The van der Waals surface area contributed by atoms with E-state index in [1.54, 1.807) is 0 Å². The maximum absolute atomic E-state index is 12.2. The third-order valence-electron chi connectivity index (χ3n) is 3.75. The number of ether oxygens (including phenoxy) is 3. The van der Waals surface area contributed by atoms with E-state index in [0.717, 1.165) is 0 Å². The first kappa shape index (κ1) is 14.6. The molecule has 0 aromatic carbocycles. The lowest BCUT2D eigenvalue weighted by molar-refractivity contribution is -0.218.